The van der Waals surface area contributed by atoms with E-state index in [0.717, 1.165) is 0 Å². The van der Waals surface area contributed by atoms with Crippen LogP contribution in [0.15, 0.2) is 72.8 Å². The predicted molar refractivity (Wildman–Crippen MR) is 114 cm³/mol. The summed E-state index contributed by atoms with van der Waals surface area (Å²) in [6, 6.07) is 21.5. The first kappa shape index (κ1) is 20.3. The van der Waals surface area contributed by atoms with Gasteiger partial charge in [0.25, 0.3) is 5.91 Å². The molecule has 0 radical (unpaired) electrons. The van der Waals surface area contributed by atoms with Gasteiger partial charge in [0.2, 0.25) is 0 Å². The minimum atomic E-state index is -1.32. The lowest BCUT2D eigenvalue weighted by Gasteiger charge is -2.38. The Kier molecular flexibility index (Phi) is 5.75. The molecule has 0 aliphatic carbocycles. The molecule has 1 aliphatic heterocycles. The van der Waals surface area contributed by atoms with Gasteiger partial charge in [-0.25, -0.2) is 0 Å². The molecule has 1 aliphatic rings. The van der Waals surface area contributed by atoms with Gasteiger partial charge >= 0.3 is 0 Å². The van der Waals surface area contributed by atoms with Crippen LogP contribution in [0.3, 0.4) is 0 Å². The number of carboxylic acid groups (broad SMARTS) is 1. The highest BCUT2D eigenvalue weighted by atomic mass is 16.5. The number of ether oxygens (including phenoxy) is 2. The normalized spacial score (nSPS) is 15.1. The first-order chi connectivity index (χ1) is 15.1. The Hall–Kier alpha value is -4.00. The van der Waals surface area contributed by atoms with Crippen molar-refractivity contribution in [2.24, 2.45) is 0 Å². The maximum Gasteiger partial charge on any atom is 0.262 e. The van der Waals surface area contributed by atoms with Crippen molar-refractivity contribution < 1.29 is 24.2 Å². The zero-order valence-corrected chi connectivity index (χ0v) is 16.9. The van der Waals surface area contributed by atoms with Crippen molar-refractivity contribution in [1.29, 1.82) is 0 Å². The van der Waals surface area contributed by atoms with E-state index in [9.17, 15) is 14.7 Å². The van der Waals surface area contributed by atoms with Crippen molar-refractivity contribution in [3.05, 3.63) is 83.9 Å². The van der Waals surface area contributed by atoms with Gasteiger partial charge in [-0.05, 0) is 49.4 Å². The fourth-order valence-corrected chi connectivity index (χ4v) is 3.58. The number of benzene rings is 3. The quantitative estimate of drug-likeness (QED) is 0.636. The van der Waals surface area contributed by atoms with Gasteiger partial charge < -0.3 is 24.7 Å². The largest absolute Gasteiger partial charge is 0.546 e. The summed E-state index contributed by atoms with van der Waals surface area (Å²) in [6.45, 7) is 1.86. The van der Waals surface area contributed by atoms with Gasteiger partial charge in [-0.1, -0.05) is 30.3 Å². The van der Waals surface area contributed by atoms with E-state index in [1.165, 1.54) is 0 Å². The van der Waals surface area contributed by atoms with E-state index >= 15 is 0 Å². The number of anilines is 2. The van der Waals surface area contributed by atoms with Gasteiger partial charge in [0.05, 0.1) is 18.1 Å². The Balaban J connectivity index is 1.79. The van der Waals surface area contributed by atoms with E-state index in [4.69, 9.17) is 9.47 Å². The molecule has 0 spiro atoms. The van der Waals surface area contributed by atoms with Gasteiger partial charge in [0.1, 0.15) is 24.3 Å². The summed E-state index contributed by atoms with van der Waals surface area (Å²) in [4.78, 5) is 26.0. The zero-order chi connectivity index (χ0) is 21.8. The third-order valence-corrected chi connectivity index (χ3v) is 4.91. The second-order valence-electron chi connectivity index (χ2n) is 6.89. The molecular weight excluding hydrogens is 396 g/mol. The molecule has 3 aromatic rings. The number of carboxylic acids is 1. The van der Waals surface area contributed by atoms with Gasteiger partial charge in [-0.15, -0.1) is 0 Å². The molecule has 31 heavy (non-hydrogen) atoms. The number of fused-ring (bicyclic) bond motifs is 1. The van der Waals surface area contributed by atoms with Crippen LogP contribution >= 0.6 is 0 Å². The molecule has 0 fully saturated rings. The number of hydrogen-bond donors (Lipinski definition) is 1. The SMILES string of the molecule is CCOc1ccc(N2C(=O)c3ccccc3N[C@@H]2c2ccccc2OCC(=O)[O-])cc1. The van der Waals surface area contributed by atoms with E-state index in [1.807, 2.05) is 55.5 Å². The number of amides is 1. The van der Waals surface area contributed by atoms with E-state index in [0.29, 0.717) is 40.6 Å². The molecule has 0 saturated heterocycles. The predicted octanol–water partition coefficient (Wildman–Crippen LogP) is 2.99. The highest BCUT2D eigenvalue weighted by Gasteiger charge is 2.35. The number of rotatable bonds is 7. The minimum Gasteiger partial charge on any atom is -0.546 e. The number of carbonyl (C=O) groups is 2. The molecule has 0 bridgehead atoms. The van der Waals surface area contributed by atoms with Crippen molar-refractivity contribution >= 4 is 23.3 Å². The lowest BCUT2D eigenvalue weighted by Crippen LogP contribution is -2.43. The highest BCUT2D eigenvalue weighted by molar-refractivity contribution is 6.12. The minimum absolute atomic E-state index is 0.182. The number of hydrogen-bond acceptors (Lipinski definition) is 6. The van der Waals surface area contributed by atoms with Crippen molar-refractivity contribution in [3.63, 3.8) is 0 Å². The molecule has 7 heteroatoms. The topological polar surface area (TPSA) is 90.9 Å². The Morgan fingerprint density at radius 1 is 1.00 bits per heavy atom. The van der Waals surface area contributed by atoms with Crippen LogP contribution in [-0.2, 0) is 4.79 Å². The molecule has 158 valence electrons. The Bertz CT molecular complexity index is 1100. The van der Waals surface area contributed by atoms with Crippen LogP contribution in [0.2, 0.25) is 0 Å². The third kappa shape index (κ3) is 4.16. The fraction of sp³-hybridized carbons (Fsp3) is 0.167. The first-order valence-electron chi connectivity index (χ1n) is 9.92. The van der Waals surface area contributed by atoms with Gasteiger partial charge in [0.15, 0.2) is 0 Å². The molecule has 1 heterocycles. The van der Waals surface area contributed by atoms with Crippen molar-refractivity contribution in [1.82, 2.24) is 0 Å². The van der Waals surface area contributed by atoms with E-state index in [2.05, 4.69) is 5.32 Å². The van der Waals surface area contributed by atoms with E-state index in [-0.39, 0.29) is 5.91 Å². The number of nitrogens with one attached hydrogen (secondary N) is 1. The average molecular weight is 417 g/mol. The summed E-state index contributed by atoms with van der Waals surface area (Å²) < 4.78 is 11.0. The van der Waals surface area contributed by atoms with Crippen LogP contribution in [0.25, 0.3) is 0 Å². The third-order valence-electron chi connectivity index (χ3n) is 4.91. The van der Waals surface area contributed by atoms with Gasteiger partial charge in [-0.3, -0.25) is 9.69 Å². The zero-order valence-electron chi connectivity index (χ0n) is 16.9. The second-order valence-corrected chi connectivity index (χ2v) is 6.89. The van der Waals surface area contributed by atoms with Crippen LogP contribution in [0.5, 0.6) is 11.5 Å². The highest BCUT2D eigenvalue weighted by Crippen LogP contribution is 2.39. The van der Waals surface area contributed by atoms with Crippen LogP contribution in [0.1, 0.15) is 29.0 Å². The summed E-state index contributed by atoms with van der Waals surface area (Å²) >= 11 is 0. The lowest BCUT2D eigenvalue weighted by molar-refractivity contribution is -0.307. The molecule has 1 amide bonds. The van der Waals surface area contributed by atoms with Crippen molar-refractivity contribution in [2.75, 3.05) is 23.4 Å². The van der Waals surface area contributed by atoms with Crippen molar-refractivity contribution in [3.8, 4) is 11.5 Å². The maximum absolute atomic E-state index is 13.5. The number of nitrogens with zero attached hydrogens (tertiary/aromatic N) is 1. The van der Waals surface area contributed by atoms with Crippen LogP contribution in [-0.4, -0.2) is 25.1 Å². The lowest BCUT2D eigenvalue weighted by atomic mass is 10.0. The molecule has 0 unspecified atom stereocenters. The maximum atomic E-state index is 13.5. The Morgan fingerprint density at radius 2 is 1.71 bits per heavy atom. The summed E-state index contributed by atoms with van der Waals surface area (Å²) in [6.07, 6.45) is -0.613. The summed E-state index contributed by atoms with van der Waals surface area (Å²) in [5.74, 6) is -0.444. The van der Waals surface area contributed by atoms with Gasteiger partial charge in [0, 0.05) is 16.9 Å². The van der Waals surface area contributed by atoms with Crippen molar-refractivity contribution in [2.45, 2.75) is 13.1 Å². The van der Waals surface area contributed by atoms with Gasteiger partial charge in [-0.2, -0.15) is 0 Å². The Morgan fingerprint density at radius 3 is 2.45 bits per heavy atom. The molecule has 1 atom stereocenters. The smallest absolute Gasteiger partial charge is 0.262 e. The summed E-state index contributed by atoms with van der Waals surface area (Å²) in [7, 11) is 0. The average Bonchev–Trinajstić information content (AvgIpc) is 2.79. The van der Waals surface area contributed by atoms with Crippen LogP contribution < -0.4 is 24.8 Å². The van der Waals surface area contributed by atoms with E-state index < -0.39 is 18.7 Å². The molecular formula is C24H21N2O5-. The number of aliphatic carboxylic acids is 1. The monoisotopic (exact) mass is 417 g/mol. The molecule has 3 aromatic carbocycles. The summed E-state index contributed by atoms with van der Waals surface area (Å²) in [5.41, 5.74) is 2.52. The number of carbonyl (C=O) groups excluding carboxylic acids is 2. The molecule has 0 aromatic heterocycles. The fourth-order valence-electron chi connectivity index (χ4n) is 3.58. The molecule has 1 N–H and O–H groups in total. The first-order valence-corrected chi connectivity index (χ1v) is 9.92. The Labute approximate surface area is 179 Å². The standard InChI is InChI=1S/C24H22N2O5/c1-2-30-17-13-11-16(12-14-17)26-23(25-20-9-5-3-7-18(20)24(26)29)19-8-4-6-10-21(19)31-15-22(27)28/h3-14,23,25H,2,15H2,1H3,(H,27,28)/p-1/t23-/m0/s1. The number of para-hydroxylation sites is 2. The van der Waals surface area contributed by atoms with E-state index in [1.54, 1.807) is 29.2 Å². The molecule has 0 saturated carbocycles. The van der Waals surface area contributed by atoms with Crippen LogP contribution in [0.4, 0.5) is 11.4 Å². The molecule has 4 rings (SSSR count). The second kappa shape index (κ2) is 8.79. The van der Waals surface area contributed by atoms with Crippen LogP contribution in [0, 0.1) is 0 Å². The molecule has 7 nitrogen and oxygen atoms in total. The summed E-state index contributed by atoms with van der Waals surface area (Å²) in [5, 5.41) is 14.3.